The highest BCUT2D eigenvalue weighted by Crippen LogP contribution is 2.22. The van der Waals surface area contributed by atoms with Crippen LogP contribution in [0.4, 0.5) is 0 Å². The van der Waals surface area contributed by atoms with Crippen LogP contribution in [0, 0.1) is 5.92 Å². The van der Waals surface area contributed by atoms with Crippen LogP contribution in [0.25, 0.3) is 0 Å². The van der Waals surface area contributed by atoms with Crippen LogP contribution in [-0.4, -0.2) is 33.4 Å². The molecule has 3 rings (SSSR count). The number of rotatable bonds is 4. The molecule has 0 N–H and O–H groups in total. The van der Waals surface area contributed by atoms with E-state index in [1.165, 1.54) is 6.42 Å². The molecule has 1 saturated heterocycles. The number of carbonyl (C=O) groups is 1. The zero-order chi connectivity index (χ0) is 16.2. The Morgan fingerprint density at radius 3 is 3.04 bits per heavy atom. The molecule has 1 aliphatic heterocycles. The molecular formula is C18H23N3OS. The predicted molar refractivity (Wildman–Crippen MR) is 93.5 cm³/mol. The maximum absolute atomic E-state index is 12.7. The van der Waals surface area contributed by atoms with Gasteiger partial charge in [0.05, 0.1) is 0 Å². The van der Waals surface area contributed by atoms with Crippen LogP contribution < -0.4 is 0 Å². The summed E-state index contributed by atoms with van der Waals surface area (Å²) in [7, 11) is 1.99. The molecule has 1 atom stereocenters. The highest BCUT2D eigenvalue weighted by Gasteiger charge is 2.22. The van der Waals surface area contributed by atoms with E-state index in [0.717, 1.165) is 41.5 Å². The number of imidazole rings is 1. The molecule has 0 spiro atoms. The minimum atomic E-state index is 0.167. The van der Waals surface area contributed by atoms with Gasteiger partial charge < -0.3 is 9.47 Å². The molecule has 2 aromatic rings. The molecule has 1 aliphatic rings. The van der Waals surface area contributed by atoms with Crippen molar-refractivity contribution in [2.24, 2.45) is 13.0 Å². The summed E-state index contributed by atoms with van der Waals surface area (Å²) in [6, 6.07) is 8.01. The van der Waals surface area contributed by atoms with Gasteiger partial charge in [-0.25, -0.2) is 4.98 Å². The van der Waals surface area contributed by atoms with Crippen LogP contribution in [0.3, 0.4) is 0 Å². The maximum atomic E-state index is 12.7. The van der Waals surface area contributed by atoms with Gasteiger partial charge in [0.25, 0.3) is 5.91 Å². The number of hydrogen-bond acceptors (Lipinski definition) is 3. The average molecular weight is 329 g/mol. The lowest BCUT2D eigenvalue weighted by atomic mass is 9.99. The van der Waals surface area contributed by atoms with Crippen LogP contribution in [0.5, 0.6) is 0 Å². The van der Waals surface area contributed by atoms with Gasteiger partial charge in [-0.2, -0.15) is 0 Å². The summed E-state index contributed by atoms with van der Waals surface area (Å²) >= 11 is 1.69. The average Bonchev–Trinajstić information content (AvgIpc) is 2.97. The van der Waals surface area contributed by atoms with Crippen molar-refractivity contribution in [3.8, 4) is 0 Å². The van der Waals surface area contributed by atoms with E-state index in [4.69, 9.17) is 0 Å². The molecule has 0 aliphatic carbocycles. The lowest BCUT2D eigenvalue weighted by Gasteiger charge is -2.31. The molecule has 0 bridgehead atoms. The third-order valence-corrected chi connectivity index (χ3v) is 5.39. The Labute approximate surface area is 141 Å². The van der Waals surface area contributed by atoms with Crippen LogP contribution in [0.2, 0.25) is 0 Å². The molecule has 0 radical (unpaired) electrons. The number of thioether (sulfide) groups is 1. The molecule has 0 unspecified atom stereocenters. The van der Waals surface area contributed by atoms with Crippen molar-refractivity contribution in [3.05, 3.63) is 47.8 Å². The van der Waals surface area contributed by atoms with Gasteiger partial charge in [-0.3, -0.25) is 4.79 Å². The predicted octanol–water partition coefficient (Wildman–Crippen LogP) is 3.58. The molecule has 122 valence electrons. The van der Waals surface area contributed by atoms with Crippen molar-refractivity contribution < 1.29 is 4.79 Å². The molecule has 2 heterocycles. The number of piperidine rings is 1. The van der Waals surface area contributed by atoms with E-state index in [2.05, 4.69) is 18.0 Å². The van der Waals surface area contributed by atoms with Gasteiger partial charge in [-0.05, 0) is 36.5 Å². The topological polar surface area (TPSA) is 38.1 Å². The summed E-state index contributed by atoms with van der Waals surface area (Å²) in [5.74, 6) is 1.60. The molecule has 1 aromatic heterocycles. The van der Waals surface area contributed by atoms with Gasteiger partial charge >= 0.3 is 0 Å². The Hall–Kier alpha value is -1.75. The molecule has 0 saturated carbocycles. The highest BCUT2D eigenvalue weighted by atomic mass is 32.2. The SMILES string of the molecule is C[C@@H]1CCCN(C(=O)c2cccc(CSc3nccn3C)c2)C1. The summed E-state index contributed by atoms with van der Waals surface area (Å²) in [5.41, 5.74) is 1.96. The van der Waals surface area contributed by atoms with Gasteiger partial charge in [0.1, 0.15) is 0 Å². The fourth-order valence-corrected chi connectivity index (χ4v) is 3.86. The maximum Gasteiger partial charge on any atom is 0.253 e. The van der Waals surface area contributed by atoms with E-state index < -0.39 is 0 Å². The zero-order valence-corrected chi connectivity index (χ0v) is 14.6. The smallest absolute Gasteiger partial charge is 0.253 e. The summed E-state index contributed by atoms with van der Waals surface area (Å²) in [5, 5.41) is 0.992. The largest absolute Gasteiger partial charge is 0.338 e. The fraction of sp³-hybridized carbons (Fsp3) is 0.444. The fourth-order valence-electron chi connectivity index (χ4n) is 2.99. The summed E-state index contributed by atoms with van der Waals surface area (Å²) in [4.78, 5) is 19.0. The second kappa shape index (κ2) is 7.21. The molecule has 5 heteroatoms. The monoisotopic (exact) mass is 329 g/mol. The van der Waals surface area contributed by atoms with Crippen molar-refractivity contribution in [3.63, 3.8) is 0 Å². The second-order valence-corrected chi connectivity index (χ2v) is 7.25. The minimum Gasteiger partial charge on any atom is -0.338 e. The van der Waals surface area contributed by atoms with Crippen molar-refractivity contribution in [2.75, 3.05) is 13.1 Å². The lowest BCUT2D eigenvalue weighted by molar-refractivity contribution is 0.0683. The molecule has 23 heavy (non-hydrogen) atoms. The summed E-state index contributed by atoms with van der Waals surface area (Å²) in [6.45, 7) is 3.99. The van der Waals surface area contributed by atoms with E-state index in [1.54, 1.807) is 18.0 Å². The molecule has 1 aromatic carbocycles. The number of likely N-dealkylation sites (tertiary alicyclic amines) is 1. The van der Waals surface area contributed by atoms with Crippen molar-refractivity contribution in [2.45, 2.75) is 30.7 Å². The van der Waals surface area contributed by atoms with E-state index >= 15 is 0 Å². The third-order valence-electron chi connectivity index (χ3n) is 4.26. The van der Waals surface area contributed by atoms with E-state index in [0.29, 0.717) is 5.92 Å². The lowest BCUT2D eigenvalue weighted by Crippen LogP contribution is -2.39. The van der Waals surface area contributed by atoms with Crippen LogP contribution in [0.15, 0.2) is 41.8 Å². The standard InChI is InChI=1S/C18H23N3OS/c1-14-5-4-9-21(12-14)17(22)16-7-3-6-15(11-16)13-23-18-19-8-10-20(18)2/h3,6-8,10-11,14H,4-5,9,12-13H2,1-2H3/t14-/m1/s1. The third kappa shape index (κ3) is 3.96. The quantitative estimate of drug-likeness (QED) is 0.805. The van der Waals surface area contributed by atoms with Gasteiger partial charge in [0, 0.05) is 43.8 Å². The van der Waals surface area contributed by atoms with Gasteiger partial charge in [0.2, 0.25) is 0 Å². The normalized spacial score (nSPS) is 18.2. The first-order chi connectivity index (χ1) is 11.1. The summed E-state index contributed by atoms with van der Waals surface area (Å²) < 4.78 is 2.01. The first-order valence-corrected chi connectivity index (χ1v) is 9.10. The molecular weight excluding hydrogens is 306 g/mol. The van der Waals surface area contributed by atoms with Crippen molar-refractivity contribution >= 4 is 17.7 Å². The summed E-state index contributed by atoms with van der Waals surface area (Å²) in [6.07, 6.45) is 6.09. The Morgan fingerprint density at radius 2 is 2.30 bits per heavy atom. The minimum absolute atomic E-state index is 0.167. The Bertz CT molecular complexity index is 682. The second-order valence-electron chi connectivity index (χ2n) is 6.31. The Balaban J connectivity index is 1.67. The first kappa shape index (κ1) is 16.1. The number of hydrogen-bond donors (Lipinski definition) is 0. The van der Waals surface area contributed by atoms with E-state index in [1.807, 2.05) is 40.9 Å². The molecule has 4 nitrogen and oxygen atoms in total. The number of aryl methyl sites for hydroxylation is 1. The van der Waals surface area contributed by atoms with E-state index in [9.17, 15) is 4.79 Å². The zero-order valence-electron chi connectivity index (χ0n) is 13.7. The van der Waals surface area contributed by atoms with Gasteiger partial charge in [0.15, 0.2) is 5.16 Å². The Kier molecular flexibility index (Phi) is 5.06. The number of carbonyl (C=O) groups excluding carboxylic acids is 1. The highest BCUT2D eigenvalue weighted by molar-refractivity contribution is 7.98. The van der Waals surface area contributed by atoms with Crippen molar-refractivity contribution in [1.82, 2.24) is 14.5 Å². The molecule has 1 fully saturated rings. The number of benzene rings is 1. The van der Waals surface area contributed by atoms with Crippen LogP contribution in [0.1, 0.15) is 35.7 Å². The van der Waals surface area contributed by atoms with Crippen LogP contribution >= 0.6 is 11.8 Å². The van der Waals surface area contributed by atoms with Crippen LogP contribution in [-0.2, 0) is 12.8 Å². The van der Waals surface area contributed by atoms with E-state index in [-0.39, 0.29) is 5.91 Å². The molecule has 1 amide bonds. The first-order valence-electron chi connectivity index (χ1n) is 8.12. The van der Waals surface area contributed by atoms with Gasteiger partial charge in [-0.1, -0.05) is 30.8 Å². The Morgan fingerprint density at radius 1 is 1.43 bits per heavy atom. The van der Waals surface area contributed by atoms with Gasteiger partial charge in [-0.15, -0.1) is 0 Å². The number of amides is 1. The number of nitrogens with zero attached hydrogens (tertiary/aromatic N) is 3. The van der Waals surface area contributed by atoms with Crippen molar-refractivity contribution in [1.29, 1.82) is 0 Å². The number of aromatic nitrogens is 2.